The lowest BCUT2D eigenvalue weighted by atomic mass is 10.1. The molecule has 0 aliphatic carbocycles. The van der Waals surface area contributed by atoms with Crippen LogP contribution in [0.3, 0.4) is 0 Å². The summed E-state index contributed by atoms with van der Waals surface area (Å²) >= 11 is 0. The fourth-order valence-electron chi connectivity index (χ4n) is 2.10. The summed E-state index contributed by atoms with van der Waals surface area (Å²) in [5, 5.41) is 6.34. The maximum atomic E-state index is 11.4. The van der Waals surface area contributed by atoms with Crippen molar-refractivity contribution < 1.29 is 14.3 Å². The summed E-state index contributed by atoms with van der Waals surface area (Å²) in [5.74, 6) is 1.11. The molecule has 1 unspecified atom stereocenters. The van der Waals surface area contributed by atoms with Gasteiger partial charge in [-0.15, -0.1) is 24.0 Å². The van der Waals surface area contributed by atoms with Crippen LogP contribution in [0.4, 0.5) is 0 Å². The molecule has 0 saturated heterocycles. The number of carbonyl (C=O) groups is 1. The summed E-state index contributed by atoms with van der Waals surface area (Å²) in [7, 11) is 4.77. The SMILES string of the molecule is CN=C(NCCc1ccc(C)c(OC)c1)NCC(C)C(=O)OC.I. The quantitative estimate of drug-likeness (QED) is 0.289. The number of guanidine groups is 1. The minimum Gasteiger partial charge on any atom is -0.496 e. The molecule has 136 valence electrons. The highest BCUT2D eigenvalue weighted by atomic mass is 127. The average molecular weight is 449 g/mol. The molecule has 1 aromatic rings. The van der Waals surface area contributed by atoms with Crippen molar-refractivity contribution in [1.29, 1.82) is 0 Å². The van der Waals surface area contributed by atoms with Crippen molar-refractivity contribution in [1.82, 2.24) is 10.6 Å². The van der Waals surface area contributed by atoms with Crippen LogP contribution in [0.25, 0.3) is 0 Å². The van der Waals surface area contributed by atoms with Crippen LogP contribution in [0.1, 0.15) is 18.1 Å². The summed E-state index contributed by atoms with van der Waals surface area (Å²) in [6, 6.07) is 6.20. The van der Waals surface area contributed by atoms with Gasteiger partial charge in [-0.1, -0.05) is 19.1 Å². The van der Waals surface area contributed by atoms with Gasteiger partial charge in [0, 0.05) is 20.1 Å². The second kappa shape index (κ2) is 11.9. The minimum absolute atomic E-state index is 0. The molecule has 1 aromatic carbocycles. The van der Waals surface area contributed by atoms with Gasteiger partial charge in [-0.05, 0) is 30.5 Å². The molecular weight excluding hydrogens is 421 g/mol. The zero-order chi connectivity index (χ0) is 17.2. The van der Waals surface area contributed by atoms with E-state index in [1.165, 1.54) is 12.7 Å². The van der Waals surface area contributed by atoms with Gasteiger partial charge in [0.2, 0.25) is 0 Å². The topological polar surface area (TPSA) is 72.0 Å². The molecule has 0 amide bonds. The van der Waals surface area contributed by atoms with E-state index >= 15 is 0 Å². The fraction of sp³-hybridized carbons (Fsp3) is 0.529. The number of aliphatic imine (C=N–C) groups is 1. The van der Waals surface area contributed by atoms with E-state index in [1.54, 1.807) is 14.2 Å². The number of hydrogen-bond donors (Lipinski definition) is 2. The van der Waals surface area contributed by atoms with E-state index in [0.717, 1.165) is 24.3 Å². The monoisotopic (exact) mass is 449 g/mol. The zero-order valence-electron chi connectivity index (χ0n) is 15.0. The molecule has 7 heteroatoms. The van der Waals surface area contributed by atoms with Gasteiger partial charge in [-0.3, -0.25) is 9.79 Å². The van der Waals surface area contributed by atoms with Crippen molar-refractivity contribution in [3.63, 3.8) is 0 Å². The van der Waals surface area contributed by atoms with Gasteiger partial charge in [0.1, 0.15) is 5.75 Å². The van der Waals surface area contributed by atoms with E-state index in [-0.39, 0.29) is 35.9 Å². The zero-order valence-corrected chi connectivity index (χ0v) is 17.3. The van der Waals surface area contributed by atoms with Gasteiger partial charge in [-0.2, -0.15) is 0 Å². The fourth-order valence-corrected chi connectivity index (χ4v) is 2.10. The molecule has 0 heterocycles. The van der Waals surface area contributed by atoms with Crippen molar-refractivity contribution in [3.05, 3.63) is 29.3 Å². The van der Waals surface area contributed by atoms with Gasteiger partial charge >= 0.3 is 5.97 Å². The number of ether oxygens (including phenoxy) is 2. The van der Waals surface area contributed by atoms with Gasteiger partial charge in [-0.25, -0.2) is 0 Å². The van der Waals surface area contributed by atoms with Gasteiger partial charge < -0.3 is 20.1 Å². The molecule has 0 fully saturated rings. The standard InChI is InChI=1S/C17H27N3O3.HI/c1-12-6-7-14(10-15(12)22-4)8-9-19-17(18-3)20-11-13(2)16(21)23-5;/h6-7,10,13H,8-9,11H2,1-5H3,(H2,18,19,20);1H. The van der Waals surface area contributed by atoms with Crippen LogP contribution in [0.5, 0.6) is 5.75 Å². The highest BCUT2D eigenvalue weighted by Crippen LogP contribution is 2.18. The number of carbonyl (C=O) groups excluding carboxylic acids is 1. The lowest BCUT2D eigenvalue weighted by Crippen LogP contribution is -2.41. The smallest absolute Gasteiger partial charge is 0.310 e. The van der Waals surface area contributed by atoms with Crippen LogP contribution in [0, 0.1) is 12.8 Å². The summed E-state index contributed by atoms with van der Waals surface area (Å²) in [6.45, 7) is 5.04. The number of methoxy groups -OCH3 is 2. The lowest BCUT2D eigenvalue weighted by Gasteiger charge is -2.15. The second-order valence-corrected chi connectivity index (χ2v) is 5.36. The van der Waals surface area contributed by atoms with Crippen LogP contribution in [-0.2, 0) is 16.0 Å². The van der Waals surface area contributed by atoms with Crippen molar-refractivity contribution in [3.8, 4) is 5.75 Å². The molecule has 6 nitrogen and oxygen atoms in total. The largest absolute Gasteiger partial charge is 0.496 e. The van der Waals surface area contributed by atoms with Crippen molar-refractivity contribution in [2.24, 2.45) is 10.9 Å². The normalized spacial score (nSPS) is 12.0. The molecule has 0 saturated carbocycles. The third-order valence-electron chi connectivity index (χ3n) is 3.58. The number of nitrogens with one attached hydrogen (secondary N) is 2. The van der Waals surface area contributed by atoms with E-state index in [1.807, 2.05) is 19.9 Å². The molecular formula is C17H28IN3O3. The Balaban J connectivity index is 0.00000529. The number of rotatable bonds is 7. The number of nitrogens with zero attached hydrogens (tertiary/aromatic N) is 1. The molecule has 0 spiro atoms. The highest BCUT2D eigenvalue weighted by molar-refractivity contribution is 14.0. The summed E-state index contributed by atoms with van der Waals surface area (Å²) in [4.78, 5) is 15.5. The number of aryl methyl sites for hydroxylation is 1. The number of benzene rings is 1. The van der Waals surface area contributed by atoms with E-state index in [9.17, 15) is 4.79 Å². The van der Waals surface area contributed by atoms with Crippen LogP contribution < -0.4 is 15.4 Å². The Kier molecular flexibility index (Phi) is 11.2. The maximum absolute atomic E-state index is 11.4. The van der Waals surface area contributed by atoms with Gasteiger partial charge in [0.05, 0.1) is 20.1 Å². The number of halogens is 1. The maximum Gasteiger partial charge on any atom is 0.310 e. The average Bonchev–Trinajstić information content (AvgIpc) is 2.58. The molecule has 0 aromatic heterocycles. The molecule has 0 bridgehead atoms. The number of esters is 1. The lowest BCUT2D eigenvalue weighted by molar-refractivity contribution is -0.144. The van der Waals surface area contributed by atoms with Crippen LogP contribution in [0.15, 0.2) is 23.2 Å². The summed E-state index contributed by atoms with van der Waals surface area (Å²) < 4.78 is 10.0. The number of hydrogen-bond acceptors (Lipinski definition) is 4. The van der Waals surface area contributed by atoms with Crippen LogP contribution in [0.2, 0.25) is 0 Å². The first-order valence-corrected chi connectivity index (χ1v) is 7.67. The first-order chi connectivity index (χ1) is 11.0. The summed E-state index contributed by atoms with van der Waals surface area (Å²) in [6.07, 6.45) is 0.851. The van der Waals surface area contributed by atoms with Crippen molar-refractivity contribution in [2.75, 3.05) is 34.4 Å². The summed E-state index contributed by atoms with van der Waals surface area (Å²) in [5.41, 5.74) is 2.32. The molecule has 1 atom stereocenters. The third-order valence-corrected chi connectivity index (χ3v) is 3.58. The van der Waals surface area contributed by atoms with Gasteiger partial charge in [0.15, 0.2) is 5.96 Å². The van der Waals surface area contributed by atoms with E-state index in [0.29, 0.717) is 12.5 Å². The molecule has 1 rings (SSSR count). The van der Waals surface area contributed by atoms with E-state index in [2.05, 4.69) is 27.8 Å². The predicted octanol–water partition coefficient (Wildman–Crippen LogP) is 2.14. The Hall–Kier alpha value is -1.51. The molecule has 0 aliphatic heterocycles. The Morgan fingerprint density at radius 3 is 2.58 bits per heavy atom. The second-order valence-electron chi connectivity index (χ2n) is 5.36. The van der Waals surface area contributed by atoms with Crippen molar-refractivity contribution in [2.45, 2.75) is 20.3 Å². The van der Waals surface area contributed by atoms with Gasteiger partial charge in [0.25, 0.3) is 0 Å². The predicted molar refractivity (Wildman–Crippen MR) is 107 cm³/mol. The van der Waals surface area contributed by atoms with E-state index < -0.39 is 0 Å². The molecule has 2 N–H and O–H groups in total. The minimum atomic E-state index is -0.236. The van der Waals surface area contributed by atoms with Crippen LogP contribution >= 0.6 is 24.0 Å². The first kappa shape index (κ1) is 22.5. The Morgan fingerprint density at radius 1 is 1.29 bits per heavy atom. The molecule has 0 radical (unpaired) electrons. The van der Waals surface area contributed by atoms with Crippen LogP contribution in [-0.4, -0.2) is 46.3 Å². The molecule has 24 heavy (non-hydrogen) atoms. The highest BCUT2D eigenvalue weighted by Gasteiger charge is 2.13. The van der Waals surface area contributed by atoms with Crippen molar-refractivity contribution >= 4 is 35.9 Å². The van der Waals surface area contributed by atoms with E-state index in [4.69, 9.17) is 9.47 Å². The Labute approximate surface area is 161 Å². The third kappa shape index (κ3) is 7.37. The Bertz CT molecular complexity index is 550. The Morgan fingerprint density at radius 2 is 2.00 bits per heavy atom. The first-order valence-electron chi connectivity index (χ1n) is 7.67. The molecule has 0 aliphatic rings.